The van der Waals surface area contributed by atoms with Gasteiger partial charge in [-0.1, -0.05) is 244 Å². The molecule has 0 saturated carbocycles. The second-order valence-corrected chi connectivity index (χ2v) is 35.6. The van der Waals surface area contributed by atoms with E-state index in [1.165, 1.54) is 70.9 Å². The molecule has 0 unspecified atom stereocenters. The van der Waals surface area contributed by atoms with E-state index >= 15 is 0 Å². The Labute approximate surface area is 420 Å². The molecule has 5 rings (SSSR count). The monoisotopic (exact) mass is 1040 g/mol. The third kappa shape index (κ3) is 15.3. The average molecular weight is 1040 g/mol. The third-order valence-electron chi connectivity index (χ3n) is 14.1. The lowest BCUT2D eigenvalue weighted by molar-refractivity contribution is -0.275. The summed E-state index contributed by atoms with van der Waals surface area (Å²) < 4.78 is 97.8. The van der Waals surface area contributed by atoms with Crippen molar-refractivity contribution in [2.24, 2.45) is 0 Å². The smallest absolute Gasteiger partial charge is 0.405 e. The van der Waals surface area contributed by atoms with Crippen molar-refractivity contribution in [3.63, 3.8) is 0 Å². The molecule has 0 aliphatic carbocycles. The molecule has 382 valence electrons. The van der Waals surface area contributed by atoms with E-state index in [2.05, 4.69) is 95.2 Å². The molecule has 5 aromatic carbocycles. The summed E-state index contributed by atoms with van der Waals surface area (Å²) in [6.45, 7) is 13.8. The highest BCUT2D eigenvalue weighted by Gasteiger charge is 2.56. The Morgan fingerprint density at radius 3 is 1.06 bits per heavy atom. The average Bonchev–Trinajstić information content (AvgIpc) is 3.35. The summed E-state index contributed by atoms with van der Waals surface area (Å²) in [5, 5.41) is 8.85. The first-order valence-electron chi connectivity index (χ1n) is 26.0. The van der Waals surface area contributed by atoms with Crippen LogP contribution in [0.3, 0.4) is 0 Å². The molecule has 1 N–H and O–H groups in total. The zero-order chi connectivity index (χ0) is 50.7. The highest BCUT2D eigenvalue weighted by atomic mass is 32.1. The zero-order valence-electron chi connectivity index (χ0n) is 42.5. The van der Waals surface area contributed by atoms with Crippen molar-refractivity contribution in [2.45, 2.75) is 174 Å². The fourth-order valence-electron chi connectivity index (χ4n) is 10.3. The van der Waals surface area contributed by atoms with E-state index in [0.29, 0.717) is 6.54 Å². The number of unbranched alkanes of at least 4 members (excludes halogenated alkanes) is 6. The lowest BCUT2D eigenvalue weighted by Gasteiger charge is -2.37. The fourth-order valence-corrected chi connectivity index (χ4v) is 32.1. The van der Waals surface area contributed by atoms with E-state index in [1.807, 2.05) is 30.3 Å². The first kappa shape index (κ1) is 57.4. The van der Waals surface area contributed by atoms with E-state index < -0.39 is 55.1 Å². The van der Waals surface area contributed by atoms with Crippen molar-refractivity contribution in [3.05, 3.63) is 133 Å². The number of ether oxygens (including phenoxy) is 2. The zero-order valence-corrected chi connectivity index (χ0v) is 46.3. The van der Waals surface area contributed by atoms with Crippen LogP contribution in [0.4, 0.5) is 26.3 Å². The van der Waals surface area contributed by atoms with Crippen LogP contribution in [0.1, 0.15) is 124 Å². The Balaban J connectivity index is 1.98. The first-order chi connectivity index (χ1) is 33.6. The highest BCUT2D eigenvalue weighted by molar-refractivity contribution is 8.49. The minimum Gasteiger partial charge on any atom is -0.405 e. The molecule has 13 heteroatoms. The number of hydrogen-bond acceptors (Lipinski definition) is 3. The molecule has 0 aromatic heterocycles. The number of halogens is 6. The molecule has 0 aliphatic rings. The van der Waals surface area contributed by atoms with Crippen molar-refractivity contribution >= 4 is 62.5 Å². The van der Waals surface area contributed by atoms with E-state index in [-0.39, 0.29) is 10.6 Å². The van der Waals surface area contributed by atoms with Crippen molar-refractivity contribution in [3.8, 4) is 11.5 Å². The maximum atomic E-state index is 14.7. The van der Waals surface area contributed by atoms with Crippen molar-refractivity contribution in [1.82, 2.24) is 5.09 Å². The van der Waals surface area contributed by atoms with Gasteiger partial charge < -0.3 is 9.47 Å². The second kappa shape index (κ2) is 27.5. The van der Waals surface area contributed by atoms with E-state index in [0.717, 1.165) is 93.2 Å². The Hall–Kier alpha value is -3.47. The van der Waals surface area contributed by atoms with Crippen molar-refractivity contribution in [2.75, 3.05) is 0 Å². The largest absolute Gasteiger partial charge is 0.573 e. The van der Waals surface area contributed by atoms with Gasteiger partial charge in [0, 0.05) is 0 Å². The van der Waals surface area contributed by atoms with Crippen LogP contribution in [0.15, 0.2) is 127 Å². The van der Waals surface area contributed by atoms with Crippen LogP contribution < -0.4 is 46.2 Å². The van der Waals surface area contributed by atoms with Crippen LogP contribution in [-0.2, 0) is 6.54 Å². The molecular formula is C57H78F6NO2P2Si2+. The molecule has 0 saturated heterocycles. The maximum Gasteiger partial charge on any atom is 0.573 e. The van der Waals surface area contributed by atoms with E-state index in [1.54, 1.807) is 24.3 Å². The summed E-state index contributed by atoms with van der Waals surface area (Å²) in [6, 6.07) is 46.8. The Kier molecular flexibility index (Phi) is 22.6. The van der Waals surface area contributed by atoms with E-state index in [9.17, 15) is 26.3 Å². The van der Waals surface area contributed by atoms with Crippen LogP contribution in [0.5, 0.6) is 11.5 Å². The van der Waals surface area contributed by atoms with Gasteiger partial charge in [-0.25, -0.2) is 0 Å². The Morgan fingerprint density at radius 1 is 0.429 bits per heavy atom. The van der Waals surface area contributed by atoms with E-state index in [4.69, 9.17) is 9.47 Å². The van der Waals surface area contributed by atoms with Gasteiger partial charge >= 0.3 is 12.7 Å². The lowest BCUT2D eigenvalue weighted by Crippen LogP contribution is -2.48. The molecule has 0 aliphatic heterocycles. The minimum absolute atomic E-state index is 0.171. The summed E-state index contributed by atoms with van der Waals surface area (Å²) in [5.41, 5.74) is 0.935. The summed E-state index contributed by atoms with van der Waals surface area (Å²) in [6.07, 6.45) is 3.28. The number of para-hydroxylation sites is 2. The van der Waals surface area contributed by atoms with Crippen LogP contribution in [0.2, 0.25) is 36.3 Å². The van der Waals surface area contributed by atoms with Gasteiger partial charge in [-0.05, 0) is 54.1 Å². The first-order valence-corrected chi connectivity index (χ1v) is 35.1. The molecule has 0 amide bonds. The minimum atomic E-state index is -5.08. The second-order valence-electron chi connectivity index (χ2n) is 19.1. The van der Waals surface area contributed by atoms with Gasteiger partial charge in [-0.2, -0.15) is 5.09 Å². The van der Waals surface area contributed by atoms with Crippen LogP contribution >= 0.6 is 14.7 Å². The summed E-state index contributed by atoms with van der Waals surface area (Å²) >= 11 is 0. The SMILES string of the molecule is CCCC[Si](CCCC)(CCCC)c1ccc([P+](NCc2ccccc2)(c2ccc([Si](CCCC)(CCCC)CCCC)cc2)P(c2ccccc2OC(F)(F)F)c2ccccc2OC(F)(F)F)cc1. The Morgan fingerprint density at radius 2 is 0.743 bits per heavy atom. The van der Waals surface area contributed by atoms with Gasteiger partial charge in [0.05, 0.1) is 33.3 Å². The quantitative estimate of drug-likeness (QED) is 0.0282. The maximum absolute atomic E-state index is 14.7. The lowest BCUT2D eigenvalue weighted by atomic mass is 10.2. The molecule has 5 aromatic rings. The van der Waals surface area contributed by atoms with Gasteiger partial charge in [-0.15, -0.1) is 26.3 Å². The summed E-state index contributed by atoms with van der Waals surface area (Å²) in [5.74, 6) is -0.894. The van der Waals surface area contributed by atoms with Gasteiger partial charge in [0.2, 0.25) is 0 Å². The molecular weight excluding hydrogens is 963 g/mol. The van der Waals surface area contributed by atoms with Crippen molar-refractivity contribution in [1.29, 1.82) is 0 Å². The van der Waals surface area contributed by atoms with Crippen molar-refractivity contribution < 1.29 is 35.8 Å². The number of nitrogens with one attached hydrogen (secondary N) is 1. The van der Waals surface area contributed by atoms with Gasteiger partial charge in [0.15, 0.2) is 14.7 Å². The van der Waals surface area contributed by atoms with Crippen LogP contribution in [0, 0.1) is 0 Å². The number of benzene rings is 5. The predicted octanol–water partition coefficient (Wildman–Crippen LogP) is 16.3. The number of rotatable bonds is 30. The molecule has 0 bridgehead atoms. The Bertz CT molecular complexity index is 2100. The molecule has 0 spiro atoms. The normalized spacial score (nSPS) is 12.7. The number of hydrogen-bond donors (Lipinski definition) is 1. The predicted molar refractivity (Wildman–Crippen MR) is 294 cm³/mol. The molecule has 0 atom stereocenters. The molecule has 70 heavy (non-hydrogen) atoms. The number of alkyl halides is 6. The fraction of sp³-hybridized carbons (Fsp3) is 0.474. The van der Waals surface area contributed by atoms with Crippen LogP contribution in [-0.4, -0.2) is 28.9 Å². The molecule has 0 heterocycles. The third-order valence-corrected chi connectivity index (χ3v) is 34.9. The topological polar surface area (TPSA) is 30.5 Å². The molecule has 0 fully saturated rings. The summed E-state index contributed by atoms with van der Waals surface area (Å²) in [4.78, 5) is 0. The highest BCUT2D eigenvalue weighted by Crippen LogP contribution is 2.79. The van der Waals surface area contributed by atoms with Gasteiger partial charge in [0.25, 0.3) is 0 Å². The standard InChI is InChI=1S/C57H78F6NO2P2Si2/c1-7-13-40-69(41-14-8-2,42-15-9-3)50-36-32-48(33-37-50)68(64-46-47-26-20-19-21-27-47,49-34-38-51(39-35-49)70(43-16-10-4,44-17-11-5)45-18-12-6)67(54-30-24-22-28-52(54)65-56(58,59)60)55-31-25-23-29-53(55)66-57(61,62)63/h19-39,64H,7-18,40-46H2,1-6H3/q+1. The molecule has 3 nitrogen and oxygen atoms in total. The summed E-state index contributed by atoms with van der Waals surface area (Å²) in [7, 11) is -9.77. The van der Waals surface area contributed by atoms with Gasteiger partial charge in [0.1, 0.15) is 22.1 Å². The molecule has 0 radical (unpaired) electrons. The van der Waals surface area contributed by atoms with Crippen LogP contribution in [0.25, 0.3) is 0 Å². The van der Waals surface area contributed by atoms with Gasteiger partial charge in [-0.3, -0.25) is 0 Å².